The third-order valence-corrected chi connectivity index (χ3v) is 2.81. The number of hydrogen-bond donors (Lipinski definition) is 2. The lowest BCUT2D eigenvalue weighted by molar-refractivity contribution is -0.147. The summed E-state index contributed by atoms with van der Waals surface area (Å²) in [5, 5.41) is 10.4. The van der Waals surface area contributed by atoms with Crippen LogP contribution in [0.2, 0.25) is 0 Å². The van der Waals surface area contributed by atoms with Gasteiger partial charge in [-0.05, 0) is 18.4 Å². The Morgan fingerprint density at radius 2 is 2.18 bits per heavy atom. The highest BCUT2D eigenvalue weighted by Gasteiger charge is 2.23. The average molecular weight is 232 g/mol. The summed E-state index contributed by atoms with van der Waals surface area (Å²) < 4.78 is 5.23. The molecule has 4 nitrogen and oxygen atoms in total. The van der Waals surface area contributed by atoms with Gasteiger partial charge in [-0.2, -0.15) is 0 Å². The molecule has 17 heavy (non-hydrogen) atoms. The van der Waals surface area contributed by atoms with Crippen LogP contribution in [0.3, 0.4) is 0 Å². The Bertz CT molecular complexity index is 393. The van der Waals surface area contributed by atoms with E-state index >= 15 is 0 Å². The lowest BCUT2D eigenvalue weighted by atomic mass is 10.0. The van der Waals surface area contributed by atoms with Gasteiger partial charge in [0.15, 0.2) is 0 Å². The molecule has 1 aromatic rings. The van der Waals surface area contributed by atoms with Crippen molar-refractivity contribution >= 4 is 11.7 Å². The summed E-state index contributed by atoms with van der Waals surface area (Å²) in [6.45, 7) is 0.806. The van der Waals surface area contributed by atoms with Crippen molar-refractivity contribution in [3.05, 3.63) is 35.9 Å². The molecule has 1 unspecified atom stereocenters. The zero-order chi connectivity index (χ0) is 12.1. The number of carbonyl (C=O) groups is 1. The third-order valence-electron chi connectivity index (χ3n) is 2.81. The predicted molar refractivity (Wildman–Crippen MR) is 65.0 cm³/mol. The monoisotopic (exact) mass is 232 g/mol. The Balaban J connectivity index is 1.80. The fourth-order valence-corrected chi connectivity index (χ4v) is 1.79. The van der Waals surface area contributed by atoms with Gasteiger partial charge in [0.25, 0.3) is 0 Å². The van der Waals surface area contributed by atoms with Crippen LogP contribution in [0.1, 0.15) is 18.4 Å². The van der Waals surface area contributed by atoms with Crippen molar-refractivity contribution < 1.29 is 9.53 Å². The van der Waals surface area contributed by atoms with E-state index < -0.39 is 0 Å². The van der Waals surface area contributed by atoms with Gasteiger partial charge in [0.2, 0.25) is 0 Å². The molecule has 1 heterocycles. The molecule has 1 saturated heterocycles. The van der Waals surface area contributed by atoms with Crippen molar-refractivity contribution in [1.29, 1.82) is 5.41 Å². The SMILES string of the molecule is N=C1CCC(C(=O)OCc2ccccc2)NC1. The van der Waals surface area contributed by atoms with Crippen LogP contribution in [0.4, 0.5) is 0 Å². The van der Waals surface area contributed by atoms with Crippen molar-refractivity contribution in [1.82, 2.24) is 5.32 Å². The van der Waals surface area contributed by atoms with E-state index in [9.17, 15) is 4.79 Å². The second kappa shape index (κ2) is 5.59. The van der Waals surface area contributed by atoms with E-state index in [4.69, 9.17) is 10.1 Å². The van der Waals surface area contributed by atoms with Crippen molar-refractivity contribution in [2.75, 3.05) is 6.54 Å². The predicted octanol–water partition coefficient (Wildman–Crippen LogP) is 1.50. The molecule has 0 aliphatic carbocycles. The van der Waals surface area contributed by atoms with Crippen LogP contribution in [-0.4, -0.2) is 24.3 Å². The topological polar surface area (TPSA) is 62.2 Å². The maximum atomic E-state index is 11.7. The molecule has 2 N–H and O–H groups in total. The maximum absolute atomic E-state index is 11.7. The highest BCUT2D eigenvalue weighted by atomic mass is 16.5. The Morgan fingerprint density at radius 1 is 1.41 bits per heavy atom. The van der Waals surface area contributed by atoms with Gasteiger partial charge in [0, 0.05) is 12.3 Å². The molecule has 0 radical (unpaired) electrons. The summed E-state index contributed by atoms with van der Waals surface area (Å²) in [6, 6.07) is 9.37. The van der Waals surface area contributed by atoms with Gasteiger partial charge in [-0.3, -0.25) is 10.1 Å². The summed E-state index contributed by atoms with van der Waals surface area (Å²) in [7, 11) is 0. The number of esters is 1. The number of carbonyl (C=O) groups excluding carboxylic acids is 1. The zero-order valence-electron chi connectivity index (χ0n) is 9.61. The first-order valence-corrected chi connectivity index (χ1v) is 5.76. The van der Waals surface area contributed by atoms with Crippen LogP contribution in [0.15, 0.2) is 30.3 Å². The average Bonchev–Trinajstić information content (AvgIpc) is 2.38. The Hall–Kier alpha value is -1.68. The zero-order valence-corrected chi connectivity index (χ0v) is 9.61. The van der Waals surface area contributed by atoms with E-state index in [1.807, 2.05) is 30.3 Å². The van der Waals surface area contributed by atoms with Crippen molar-refractivity contribution in [3.63, 3.8) is 0 Å². The van der Waals surface area contributed by atoms with Crippen LogP contribution in [0.5, 0.6) is 0 Å². The smallest absolute Gasteiger partial charge is 0.323 e. The summed E-state index contributed by atoms with van der Waals surface area (Å²) in [4.78, 5) is 11.7. The quantitative estimate of drug-likeness (QED) is 0.776. The van der Waals surface area contributed by atoms with Gasteiger partial charge < -0.3 is 10.1 Å². The molecule has 90 valence electrons. The molecule has 0 amide bonds. The lowest BCUT2D eigenvalue weighted by Crippen LogP contribution is -2.44. The molecule has 2 rings (SSSR count). The summed E-state index contributed by atoms with van der Waals surface area (Å²) in [6.07, 6.45) is 1.34. The number of hydrogen-bond acceptors (Lipinski definition) is 4. The van der Waals surface area contributed by atoms with Gasteiger partial charge in [-0.15, -0.1) is 0 Å². The first-order valence-electron chi connectivity index (χ1n) is 5.76. The van der Waals surface area contributed by atoms with Crippen molar-refractivity contribution in [2.45, 2.75) is 25.5 Å². The summed E-state index contributed by atoms with van der Waals surface area (Å²) in [5.41, 5.74) is 1.64. The number of rotatable bonds is 3. The van der Waals surface area contributed by atoms with Crippen LogP contribution < -0.4 is 5.32 Å². The highest BCUT2D eigenvalue weighted by Crippen LogP contribution is 2.08. The standard InChI is InChI=1S/C13H16N2O2/c14-11-6-7-12(15-8-11)13(16)17-9-10-4-2-1-3-5-10/h1-5,12,14-15H,6-9H2. The number of ether oxygens (including phenoxy) is 1. The molecular formula is C13H16N2O2. The molecule has 1 atom stereocenters. The van der Waals surface area contributed by atoms with Crippen LogP contribution >= 0.6 is 0 Å². The normalized spacial score (nSPS) is 20.0. The van der Waals surface area contributed by atoms with Crippen LogP contribution in [-0.2, 0) is 16.1 Å². The van der Waals surface area contributed by atoms with E-state index in [-0.39, 0.29) is 12.0 Å². The van der Waals surface area contributed by atoms with Crippen molar-refractivity contribution in [2.24, 2.45) is 0 Å². The fraction of sp³-hybridized carbons (Fsp3) is 0.385. The van der Waals surface area contributed by atoms with Gasteiger partial charge >= 0.3 is 5.97 Å². The molecule has 0 saturated carbocycles. The Labute approximate surface area is 100 Å². The molecule has 1 aliphatic rings. The van der Waals surface area contributed by atoms with E-state index in [0.717, 1.165) is 5.56 Å². The number of benzene rings is 1. The largest absolute Gasteiger partial charge is 0.460 e. The molecule has 1 aromatic carbocycles. The van der Waals surface area contributed by atoms with Crippen molar-refractivity contribution in [3.8, 4) is 0 Å². The second-order valence-electron chi connectivity index (χ2n) is 4.17. The molecule has 1 fully saturated rings. The van der Waals surface area contributed by atoms with Gasteiger partial charge in [-0.25, -0.2) is 0 Å². The lowest BCUT2D eigenvalue weighted by Gasteiger charge is -2.22. The van der Waals surface area contributed by atoms with E-state index in [2.05, 4.69) is 5.32 Å². The second-order valence-corrected chi connectivity index (χ2v) is 4.17. The van der Waals surface area contributed by atoms with Gasteiger partial charge in [-0.1, -0.05) is 30.3 Å². The van der Waals surface area contributed by atoms with Gasteiger partial charge in [0.05, 0.1) is 0 Å². The first-order chi connectivity index (χ1) is 8.25. The minimum Gasteiger partial charge on any atom is -0.460 e. The number of piperidine rings is 1. The summed E-state index contributed by atoms with van der Waals surface area (Å²) in [5.74, 6) is -0.221. The van der Waals surface area contributed by atoms with Crippen LogP contribution in [0, 0.1) is 5.41 Å². The van der Waals surface area contributed by atoms with E-state index in [1.165, 1.54) is 0 Å². The number of nitrogens with one attached hydrogen (secondary N) is 2. The minimum atomic E-state index is -0.257. The molecule has 0 bridgehead atoms. The Kier molecular flexibility index (Phi) is 3.88. The summed E-state index contributed by atoms with van der Waals surface area (Å²) >= 11 is 0. The van der Waals surface area contributed by atoms with Gasteiger partial charge in [0.1, 0.15) is 12.6 Å². The molecule has 0 aromatic heterocycles. The minimum absolute atomic E-state index is 0.221. The molecular weight excluding hydrogens is 216 g/mol. The Morgan fingerprint density at radius 3 is 2.82 bits per heavy atom. The van der Waals surface area contributed by atoms with E-state index in [0.29, 0.717) is 31.7 Å². The molecule has 1 aliphatic heterocycles. The van der Waals surface area contributed by atoms with Crippen LogP contribution in [0.25, 0.3) is 0 Å². The first kappa shape index (κ1) is 11.8. The maximum Gasteiger partial charge on any atom is 0.323 e. The highest BCUT2D eigenvalue weighted by molar-refractivity contribution is 5.87. The third kappa shape index (κ3) is 3.39. The molecule has 4 heteroatoms. The van der Waals surface area contributed by atoms with E-state index in [1.54, 1.807) is 0 Å². The molecule has 0 spiro atoms. The fourth-order valence-electron chi connectivity index (χ4n) is 1.79.